The summed E-state index contributed by atoms with van der Waals surface area (Å²) in [6.07, 6.45) is 13.9. The second kappa shape index (κ2) is 22.1. The van der Waals surface area contributed by atoms with Crippen molar-refractivity contribution < 1.29 is 82.1 Å². The monoisotopic (exact) mass is 777 g/mol. The van der Waals surface area contributed by atoms with Crippen LogP contribution in [0.5, 0.6) is 0 Å². The molecule has 0 radical (unpaired) electrons. The molecule has 276 valence electrons. The van der Waals surface area contributed by atoms with Crippen molar-refractivity contribution in [2.75, 3.05) is 0 Å². The molecule has 11 nitrogen and oxygen atoms in total. The minimum atomic E-state index is -0.692. The molecule has 15 heteroatoms. The van der Waals surface area contributed by atoms with E-state index in [1.54, 1.807) is 40.2 Å². The van der Waals surface area contributed by atoms with Crippen LogP contribution in [-0.4, -0.2) is 47.9 Å². The van der Waals surface area contributed by atoms with Gasteiger partial charge in [-0.3, -0.25) is 20.1 Å². The van der Waals surface area contributed by atoms with Crippen LogP contribution in [0.1, 0.15) is 125 Å². The number of hydrogen-bond acceptors (Lipinski definition) is 11. The van der Waals surface area contributed by atoms with E-state index < -0.39 is 11.4 Å². The fourth-order valence-electron chi connectivity index (χ4n) is 4.88. The molecule has 3 aliphatic carbocycles. The summed E-state index contributed by atoms with van der Waals surface area (Å²) in [5, 5.41) is 24.5. The maximum absolute atomic E-state index is 11.3. The Balaban J connectivity index is 0. The average molecular weight is 778 g/mol. The summed E-state index contributed by atoms with van der Waals surface area (Å²) < 4.78 is 0. The van der Waals surface area contributed by atoms with Crippen molar-refractivity contribution in [3.05, 3.63) is 59.7 Å². The van der Waals surface area contributed by atoms with E-state index >= 15 is 0 Å². The summed E-state index contributed by atoms with van der Waals surface area (Å²) in [6.45, 7) is 20.2. The summed E-state index contributed by atoms with van der Waals surface area (Å²) >= 11 is 4.94. The molecule has 3 heterocycles. The Hall–Kier alpha value is -1.16. The van der Waals surface area contributed by atoms with Crippen molar-refractivity contribution in [2.24, 2.45) is 23.5 Å². The Morgan fingerprint density at radius 2 is 1.06 bits per heavy atom. The van der Waals surface area contributed by atoms with Gasteiger partial charge in [-0.25, -0.2) is 21.5 Å². The Labute approximate surface area is 353 Å². The zero-order valence-electron chi connectivity index (χ0n) is 29.0. The van der Waals surface area contributed by atoms with Crippen LogP contribution in [0.2, 0.25) is 0 Å². The number of rotatable bonds is 11. The molecular formula is C35H56KN5O6S3. The van der Waals surface area contributed by atoms with Crippen LogP contribution < -0.4 is 57.1 Å². The SMILES string of the molecule is C.C.CC(C)Cc1ncc(C2(C(=O)O)CC2)s1.CC(C)Cc1ncc(C2(C(N)=O)CC2)s1.OO.[C-]#[N+]C1(c2cnc(CC(C)C)s2)CC1.[K+].[OH-]. The van der Waals surface area contributed by atoms with Crippen LogP contribution in [0.4, 0.5) is 0 Å². The molecule has 6 rings (SSSR count). The molecule has 50 heavy (non-hydrogen) atoms. The van der Waals surface area contributed by atoms with Crippen LogP contribution in [-0.2, 0) is 45.2 Å². The Bertz CT molecular complexity index is 1430. The van der Waals surface area contributed by atoms with Gasteiger partial charge >= 0.3 is 57.4 Å². The quantitative estimate of drug-likeness (QED) is 0.0820. The zero-order valence-corrected chi connectivity index (χ0v) is 34.6. The maximum atomic E-state index is 11.3. The van der Waals surface area contributed by atoms with E-state index in [2.05, 4.69) is 61.3 Å². The van der Waals surface area contributed by atoms with Crippen LogP contribution in [0.15, 0.2) is 18.6 Å². The van der Waals surface area contributed by atoms with Crippen LogP contribution in [0.3, 0.4) is 0 Å². The molecule has 0 atom stereocenters. The second-order valence-corrected chi connectivity index (χ2v) is 17.0. The zero-order chi connectivity index (χ0) is 34.3. The summed E-state index contributed by atoms with van der Waals surface area (Å²) in [5.74, 6) is 0.943. The number of primary amides is 1. The predicted octanol–water partition coefficient (Wildman–Crippen LogP) is 5.68. The molecule has 3 aromatic rings. The number of nitrogens with zero attached hydrogens (tertiary/aromatic N) is 4. The van der Waals surface area contributed by atoms with E-state index in [-0.39, 0.29) is 88.6 Å². The van der Waals surface area contributed by atoms with Gasteiger partial charge in [-0.05, 0) is 43.4 Å². The molecule has 3 fully saturated rings. The molecule has 3 aromatic heterocycles. The molecule has 6 N–H and O–H groups in total. The largest absolute Gasteiger partial charge is 1.00 e. The first-order valence-electron chi connectivity index (χ1n) is 15.7. The van der Waals surface area contributed by atoms with Gasteiger partial charge in [0.25, 0.3) is 5.54 Å². The van der Waals surface area contributed by atoms with Crippen LogP contribution in [0.25, 0.3) is 4.85 Å². The van der Waals surface area contributed by atoms with E-state index in [1.165, 1.54) is 9.88 Å². The molecule has 0 unspecified atom stereocenters. The fraction of sp³-hybridized carbons (Fsp3) is 0.657. The molecule has 0 aliphatic heterocycles. The number of amides is 1. The Morgan fingerprint density at radius 3 is 1.32 bits per heavy atom. The molecule has 1 amide bonds. The number of carbonyl (C=O) groups is 2. The van der Waals surface area contributed by atoms with Crippen LogP contribution >= 0.6 is 34.0 Å². The van der Waals surface area contributed by atoms with Crippen LogP contribution in [0, 0.1) is 24.3 Å². The van der Waals surface area contributed by atoms with E-state index in [1.807, 2.05) is 12.4 Å². The summed E-state index contributed by atoms with van der Waals surface area (Å²) in [5.41, 5.74) is 4.32. The van der Waals surface area contributed by atoms with Gasteiger partial charge < -0.3 is 21.2 Å². The molecular weight excluding hydrogens is 722 g/mol. The number of aliphatic carboxylic acids is 1. The molecule has 0 aromatic carbocycles. The molecule has 3 saturated carbocycles. The van der Waals surface area contributed by atoms with Gasteiger partial charge in [0, 0.05) is 60.4 Å². The van der Waals surface area contributed by atoms with E-state index in [9.17, 15) is 9.59 Å². The van der Waals surface area contributed by atoms with Crippen molar-refractivity contribution in [1.82, 2.24) is 15.0 Å². The minimum Gasteiger partial charge on any atom is -0.870 e. The average Bonchev–Trinajstić information content (AvgIpc) is 3.96. The number of carboxylic acids is 1. The number of hydrogen-bond donors (Lipinski definition) is 4. The second-order valence-electron chi connectivity index (χ2n) is 13.6. The van der Waals surface area contributed by atoms with Crippen molar-refractivity contribution in [3.63, 3.8) is 0 Å². The van der Waals surface area contributed by atoms with Gasteiger partial charge in [0.15, 0.2) is 0 Å². The summed E-state index contributed by atoms with van der Waals surface area (Å²) in [6, 6.07) is 0. The number of nitrogens with two attached hydrogens (primary N) is 1. The summed E-state index contributed by atoms with van der Waals surface area (Å²) in [7, 11) is 0. The van der Waals surface area contributed by atoms with Gasteiger partial charge in [0.1, 0.15) is 10.3 Å². The topological polar surface area (TPSA) is 194 Å². The Morgan fingerprint density at radius 1 is 0.740 bits per heavy atom. The van der Waals surface area contributed by atoms with Gasteiger partial charge in [0.05, 0.1) is 20.4 Å². The van der Waals surface area contributed by atoms with E-state index in [0.29, 0.717) is 17.8 Å². The summed E-state index contributed by atoms with van der Waals surface area (Å²) in [4.78, 5) is 42.3. The van der Waals surface area contributed by atoms with Crippen molar-refractivity contribution in [2.45, 2.75) is 131 Å². The van der Waals surface area contributed by atoms with Crippen molar-refractivity contribution in [3.8, 4) is 0 Å². The van der Waals surface area contributed by atoms with Gasteiger partial charge in [-0.1, -0.05) is 56.4 Å². The van der Waals surface area contributed by atoms with Gasteiger partial charge in [0.2, 0.25) is 5.91 Å². The third kappa shape index (κ3) is 13.4. The fourth-order valence-corrected chi connectivity index (χ4v) is 8.95. The Kier molecular flexibility index (Phi) is 22.6. The molecule has 0 bridgehead atoms. The third-order valence-corrected chi connectivity index (χ3v) is 11.8. The number of aromatic nitrogens is 3. The number of thiazole rings is 3. The predicted molar refractivity (Wildman–Crippen MR) is 199 cm³/mol. The first kappa shape index (κ1) is 50.9. The van der Waals surface area contributed by atoms with Gasteiger partial charge in [-0.15, -0.1) is 34.0 Å². The maximum Gasteiger partial charge on any atom is 1.00 e. The smallest absolute Gasteiger partial charge is 0.870 e. The standard InChI is InChI=1S/C11H16N2OS.C11H14N2S.C11H15NO2S.2CH4.K.H2O2.H2O/c1-7(2)5-9-13-6-8(15-9)11(3-4-11)10(12)14;1-8(2)6-10-13-7-9(14-10)11(12-3)4-5-11;1-7(2)5-9-12-6-8(15-9)11(3-4-11)10(13)14;;;;1-2;/h6-7H,3-5H2,1-2H3,(H2,12,14);7-8H,4-6H2,1-2H3;6-7H,3-5H2,1-2H3,(H,13,14);2*1H4;;1-2H;1H2/q;;;;;+1;;/p-1. The first-order chi connectivity index (χ1) is 21.7. The first-order valence-corrected chi connectivity index (χ1v) is 18.2. The van der Waals surface area contributed by atoms with Gasteiger partial charge in [-0.2, -0.15) is 0 Å². The normalized spacial score (nSPS) is 16.0. The number of carboxylic acid groups (broad SMARTS) is 1. The minimum absolute atomic E-state index is 0. The van der Waals surface area contributed by atoms with Crippen molar-refractivity contribution >= 4 is 45.9 Å². The molecule has 3 aliphatic rings. The van der Waals surface area contributed by atoms with E-state index in [4.69, 9.17) is 27.9 Å². The molecule has 0 spiro atoms. The van der Waals surface area contributed by atoms with E-state index in [0.717, 1.165) is 77.6 Å². The number of carbonyl (C=O) groups excluding carboxylic acids is 1. The van der Waals surface area contributed by atoms with Crippen molar-refractivity contribution in [1.29, 1.82) is 0 Å². The molecule has 0 saturated heterocycles. The third-order valence-electron chi connectivity index (χ3n) is 8.13.